The van der Waals surface area contributed by atoms with E-state index in [0.29, 0.717) is 41.6 Å². The lowest BCUT2D eigenvalue weighted by Gasteiger charge is -2.29. The second-order valence-corrected chi connectivity index (χ2v) is 12.3. The zero-order chi connectivity index (χ0) is 27.1. The largest absolute Gasteiger partial charge is 0.496 e. The number of aromatic nitrogens is 4. The summed E-state index contributed by atoms with van der Waals surface area (Å²) in [6.07, 6.45) is 2.37. The number of sulfonamides is 1. The van der Waals surface area contributed by atoms with Gasteiger partial charge < -0.3 is 19.4 Å². The number of aryl methyl sites for hydroxylation is 1. The summed E-state index contributed by atoms with van der Waals surface area (Å²) in [5.41, 5.74) is 2.53. The van der Waals surface area contributed by atoms with E-state index in [1.165, 1.54) is 18.5 Å². The summed E-state index contributed by atoms with van der Waals surface area (Å²) in [5, 5.41) is 11.5. The first kappa shape index (κ1) is 26.3. The molecule has 2 aromatic heterocycles. The molecule has 11 nitrogen and oxygen atoms in total. The van der Waals surface area contributed by atoms with Crippen LogP contribution in [0, 0.1) is 0 Å². The Morgan fingerprint density at radius 1 is 1.13 bits per heavy atom. The number of benzene rings is 1. The highest BCUT2D eigenvalue weighted by Gasteiger charge is 2.34. The molecular formula is C26H32N6O5S. The van der Waals surface area contributed by atoms with Gasteiger partial charge in [-0.3, -0.25) is 4.79 Å². The van der Waals surface area contributed by atoms with Crippen molar-refractivity contribution in [2.45, 2.75) is 45.2 Å². The zero-order valence-corrected chi connectivity index (χ0v) is 22.8. The Morgan fingerprint density at radius 2 is 1.95 bits per heavy atom. The minimum Gasteiger partial charge on any atom is -0.496 e. The predicted molar refractivity (Wildman–Crippen MR) is 142 cm³/mol. The maximum atomic E-state index is 13.4. The van der Waals surface area contributed by atoms with Crippen LogP contribution in [0.1, 0.15) is 47.6 Å². The van der Waals surface area contributed by atoms with Crippen LogP contribution in [0.15, 0.2) is 30.3 Å². The first-order valence-corrected chi connectivity index (χ1v) is 14.1. The predicted octanol–water partition coefficient (Wildman–Crippen LogP) is 2.62. The minimum atomic E-state index is -3.47. The molecule has 4 heterocycles. The van der Waals surface area contributed by atoms with Gasteiger partial charge in [0.05, 0.1) is 25.0 Å². The van der Waals surface area contributed by atoms with Crippen LogP contribution in [0.2, 0.25) is 0 Å². The van der Waals surface area contributed by atoms with Gasteiger partial charge in [-0.1, -0.05) is 6.07 Å². The molecule has 0 bridgehead atoms. The Balaban J connectivity index is 1.40. The van der Waals surface area contributed by atoms with Crippen LogP contribution in [0.3, 0.4) is 0 Å². The van der Waals surface area contributed by atoms with E-state index in [4.69, 9.17) is 9.47 Å². The number of pyridine rings is 1. The van der Waals surface area contributed by atoms with Gasteiger partial charge in [0.1, 0.15) is 23.1 Å². The second kappa shape index (κ2) is 10.1. The number of hydrogen-bond donors (Lipinski definition) is 1. The number of ether oxygens (including phenoxy) is 2. The number of anilines is 1. The maximum Gasteiger partial charge on any atom is 0.260 e. The van der Waals surface area contributed by atoms with Crippen molar-refractivity contribution in [1.82, 2.24) is 24.1 Å². The van der Waals surface area contributed by atoms with E-state index in [9.17, 15) is 13.2 Å². The third kappa shape index (κ3) is 4.91. The summed E-state index contributed by atoms with van der Waals surface area (Å²) >= 11 is 0. The normalized spacial score (nSPS) is 16.6. The van der Waals surface area contributed by atoms with Gasteiger partial charge in [-0.05, 0) is 62.1 Å². The van der Waals surface area contributed by atoms with Crippen molar-refractivity contribution in [2.24, 2.45) is 0 Å². The van der Waals surface area contributed by atoms with E-state index in [1.807, 2.05) is 18.2 Å². The molecule has 12 heteroatoms. The van der Waals surface area contributed by atoms with Crippen LogP contribution < -0.4 is 10.1 Å². The van der Waals surface area contributed by atoms with Gasteiger partial charge >= 0.3 is 0 Å². The smallest absolute Gasteiger partial charge is 0.260 e. The van der Waals surface area contributed by atoms with E-state index < -0.39 is 15.9 Å². The standard InChI is InChI=1S/C26H32N6O5S/c1-26(2)10-8-23-29-30-24(32(23)26)20-6-5-7-22(27-20)28-25(33)19-14-18-16-31(38(34,35)13-12-36-3)11-9-17(18)15-21(19)37-4/h5-7,14-15H,8-13,16H2,1-4H3,(H,27,28,33). The van der Waals surface area contributed by atoms with Gasteiger partial charge in [0.2, 0.25) is 10.0 Å². The lowest BCUT2D eigenvalue weighted by Crippen LogP contribution is -2.38. The van der Waals surface area contributed by atoms with Gasteiger partial charge in [0, 0.05) is 32.2 Å². The molecular weight excluding hydrogens is 508 g/mol. The number of nitrogens with one attached hydrogen (secondary N) is 1. The third-order valence-electron chi connectivity index (χ3n) is 7.20. The fraction of sp³-hybridized carbons (Fsp3) is 0.462. The highest BCUT2D eigenvalue weighted by Crippen LogP contribution is 2.35. The van der Waals surface area contributed by atoms with Gasteiger partial charge in [-0.15, -0.1) is 10.2 Å². The van der Waals surface area contributed by atoms with E-state index in [2.05, 4.69) is 38.9 Å². The van der Waals surface area contributed by atoms with Crippen molar-refractivity contribution in [3.8, 4) is 17.3 Å². The molecule has 2 aliphatic heterocycles. The Kier molecular flexibility index (Phi) is 6.97. The van der Waals surface area contributed by atoms with E-state index in [0.717, 1.165) is 29.8 Å². The number of carbonyl (C=O) groups is 1. The van der Waals surface area contributed by atoms with Crippen molar-refractivity contribution >= 4 is 21.7 Å². The summed E-state index contributed by atoms with van der Waals surface area (Å²) in [5.74, 6) is 1.89. The molecule has 3 aromatic rings. The molecule has 0 unspecified atom stereocenters. The number of methoxy groups -OCH3 is 2. The minimum absolute atomic E-state index is 0.0865. The lowest BCUT2D eigenvalue weighted by molar-refractivity contribution is 0.102. The SMILES string of the molecule is COCCS(=O)(=O)N1CCc2cc(OC)c(C(=O)Nc3cccc(-c4nnc5n4C(C)(C)CC5)n3)cc2C1. The van der Waals surface area contributed by atoms with Gasteiger partial charge in [-0.25, -0.2) is 13.4 Å². The molecule has 0 atom stereocenters. The number of carbonyl (C=O) groups excluding carboxylic acids is 1. The van der Waals surface area contributed by atoms with Crippen molar-refractivity contribution in [1.29, 1.82) is 0 Å². The van der Waals surface area contributed by atoms with Gasteiger partial charge in [0.15, 0.2) is 5.82 Å². The first-order chi connectivity index (χ1) is 18.1. The number of nitrogens with zero attached hydrogens (tertiary/aromatic N) is 5. The van der Waals surface area contributed by atoms with Crippen LogP contribution in [0.4, 0.5) is 5.82 Å². The fourth-order valence-corrected chi connectivity index (χ4v) is 6.43. The highest BCUT2D eigenvalue weighted by atomic mass is 32.2. The number of fused-ring (bicyclic) bond motifs is 2. The highest BCUT2D eigenvalue weighted by molar-refractivity contribution is 7.89. The van der Waals surface area contributed by atoms with Crippen LogP contribution in [-0.4, -0.2) is 71.5 Å². The molecule has 2 aliphatic rings. The van der Waals surface area contributed by atoms with E-state index >= 15 is 0 Å². The van der Waals surface area contributed by atoms with E-state index in [1.54, 1.807) is 12.1 Å². The molecule has 202 valence electrons. The third-order valence-corrected chi connectivity index (χ3v) is 8.98. The molecule has 0 saturated heterocycles. The average molecular weight is 541 g/mol. The van der Waals surface area contributed by atoms with E-state index in [-0.39, 0.29) is 24.4 Å². The molecule has 0 saturated carbocycles. The van der Waals surface area contributed by atoms with Crippen LogP contribution in [0.5, 0.6) is 5.75 Å². The molecule has 0 radical (unpaired) electrons. The monoisotopic (exact) mass is 540 g/mol. The number of amides is 1. The average Bonchev–Trinajstić information content (AvgIpc) is 3.47. The number of hydrogen-bond acceptors (Lipinski definition) is 8. The van der Waals surface area contributed by atoms with Crippen LogP contribution in [-0.2, 0) is 39.7 Å². The summed E-state index contributed by atoms with van der Waals surface area (Å²) < 4.78 is 39.4. The Morgan fingerprint density at radius 3 is 2.71 bits per heavy atom. The van der Waals surface area contributed by atoms with Crippen LogP contribution >= 0.6 is 0 Å². The van der Waals surface area contributed by atoms with Crippen molar-refractivity contribution in [3.63, 3.8) is 0 Å². The van der Waals surface area contributed by atoms with Crippen molar-refractivity contribution < 1.29 is 22.7 Å². The summed E-state index contributed by atoms with van der Waals surface area (Å²) in [6.45, 7) is 4.98. The molecule has 38 heavy (non-hydrogen) atoms. The topological polar surface area (TPSA) is 129 Å². The van der Waals surface area contributed by atoms with Crippen molar-refractivity contribution in [2.75, 3.05) is 38.4 Å². The molecule has 1 aromatic carbocycles. The molecule has 1 amide bonds. The zero-order valence-electron chi connectivity index (χ0n) is 22.0. The quantitative estimate of drug-likeness (QED) is 0.462. The second-order valence-electron chi connectivity index (χ2n) is 10.2. The molecule has 0 spiro atoms. The summed E-state index contributed by atoms with van der Waals surface area (Å²) in [4.78, 5) is 18.0. The molecule has 1 N–H and O–H groups in total. The van der Waals surface area contributed by atoms with Crippen molar-refractivity contribution in [3.05, 3.63) is 52.8 Å². The van der Waals surface area contributed by atoms with Gasteiger partial charge in [-0.2, -0.15) is 4.31 Å². The Bertz CT molecular complexity index is 1480. The Labute approximate surface area is 222 Å². The summed E-state index contributed by atoms with van der Waals surface area (Å²) in [7, 11) is -0.488. The molecule has 5 rings (SSSR count). The molecule has 0 fully saturated rings. The maximum absolute atomic E-state index is 13.4. The first-order valence-electron chi connectivity index (χ1n) is 12.5. The summed E-state index contributed by atoms with van der Waals surface area (Å²) in [6, 6.07) is 8.89. The number of rotatable bonds is 8. The molecule has 0 aliphatic carbocycles. The van der Waals surface area contributed by atoms with Crippen LogP contribution in [0.25, 0.3) is 11.5 Å². The van der Waals surface area contributed by atoms with Gasteiger partial charge in [0.25, 0.3) is 5.91 Å². The lowest BCUT2D eigenvalue weighted by atomic mass is 9.97. The fourth-order valence-electron chi connectivity index (χ4n) is 5.08. The Hall–Kier alpha value is -3.35.